The summed E-state index contributed by atoms with van der Waals surface area (Å²) in [7, 11) is 0. The first-order chi connectivity index (χ1) is 13.4. The van der Waals surface area contributed by atoms with Crippen molar-refractivity contribution in [1.82, 2.24) is 0 Å². The minimum absolute atomic E-state index is 0.00151. The molecule has 5 nitrogen and oxygen atoms in total. The Bertz CT molecular complexity index is 670. The zero-order valence-electron chi connectivity index (χ0n) is 18.7. The highest BCUT2D eigenvalue weighted by Gasteiger charge is 2.44. The highest BCUT2D eigenvalue weighted by Crippen LogP contribution is 2.45. The number of thioether (sulfide) groups is 1. The molecule has 6 heteroatoms. The molecule has 2 aliphatic rings. The van der Waals surface area contributed by atoms with Crippen LogP contribution in [0.2, 0.25) is 0 Å². The summed E-state index contributed by atoms with van der Waals surface area (Å²) >= 11 is 1.53. The van der Waals surface area contributed by atoms with E-state index in [9.17, 15) is 9.90 Å². The van der Waals surface area contributed by atoms with Crippen molar-refractivity contribution >= 4 is 23.0 Å². The molecule has 1 aliphatic carbocycles. The van der Waals surface area contributed by atoms with Crippen LogP contribution in [0.15, 0.2) is 23.8 Å². The zero-order valence-corrected chi connectivity index (χ0v) is 19.5. The monoisotopic (exact) mass is 423 g/mol. The van der Waals surface area contributed by atoms with Crippen LogP contribution in [-0.2, 0) is 14.3 Å². The summed E-state index contributed by atoms with van der Waals surface area (Å²) in [6.07, 6.45) is 9.32. The fourth-order valence-corrected chi connectivity index (χ4v) is 5.26. The van der Waals surface area contributed by atoms with Gasteiger partial charge in [0.15, 0.2) is 0 Å². The average molecular weight is 424 g/mol. The van der Waals surface area contributed by atoms with Gasteiger partial charge in [0.2, 0.25) is 5.23 Å². The molecule has 1 heterocycles. The van der Waals surface area contributed by atoms with Crippen LogP contribution in [0.3, 0.4) is 0 Å². The van der Waals surface area contributed by atoms with Crippen molar-refractivity contribution < 1.29 is 19.4 Å². The number of esters is 1. The number of rotatable bonds is 2. The fraction of sp³-hybridized carbons (Fsp3) is 0.739. The van der Waals surface area contributed by atoms with Crippen LogP contribution >= 0.6 is 11.8 Å². The summed E-state index contributed by atoms with van der Waals surface area (Å²) in [4.78, 5) is 11.6. The van der Waals surface area contributed by atoms with E-state index in [0.717, 1.165) is 31.3 Å². The van der Waals surface area contributed by atoms with Crippen LogP contribution in [0.25, 0.3) is 0 Å². The molecule has 0 amide bonds. The lowest BCUT2D eigenvalue weighted by molar-refractivity contribution is -0.145. The fourth-order valence-electron chi connectivity index (χ4n) is 4.15. The Morgan fingerprint density at radius 3 is 2.69 bits per heavy atom. The quantitative estimate of drug-likeness (QED) is 0.469. The molecule has 0 saturated carbocycles. The number of hydrogen-bond donors (Lipinski definition) is 2. The maximum Gasteiger partial charge on any atom is 0.303 e. The van der Waals surface area contributed by atoms with E-state index in [1.807, 2.05) is 19.1 Å². The van der Waals surface area contributed by atoms with Crippen molar-refractivity contribution in [3.8, 4) is 0 Å². The summed E-state index contributed by atoms with van der Waals surface area (Å²) in [6, 6.07) is 0. The van der Waals surface area contributed by atoms with Crippen molar-refractivity contribution in [3.63, 3.8) is 0 Å². The van der Waals surface area contributed by atoms with E-state index in [-0.39, 0.29) is 16.8 Å². The van der Waals surface area contributed by atoms with E-state index in [4.69, 9.17) is 14.9 Å². The van der Waals surface area contributed by atoms with Gasteiger partial charge in [-0.3, -0.25) is 10.2 Å². The van der Waals surface area contributed by atoms with E-state index in [0.29, 0.717) is 23.5 Å². The standard InChI is InChI=1S/C23H37NO4S/c1-15(2)18-9-11-22(5,26)14-19(27-17(4)25)13-16(3)7-8-20-23(6,12-10-18)29-21(24)28-20/h9,11,13,15,18-20,24,26H,7-8,10,12,14H2,1-6H3/b11-9+,16-13+,24-21?/t18-,19-,20-,22+,23-/m0/s1. The SMILES string of the molecule is CC(=O)O[C@H]1/C=C(\C)CC[C@@H]2OC(=N)S[C@@]2(C)CC[C@@H](C(C)C)/C=C/[C@@](C)(O)C1. The molecule has 5 atom stereocenters. The molecule has 2 N–H and O–H groups in total. The Labute approximate surface area is 179 Å². The number of carbonyl (C=O) groups is 1. The minimum atomic E-state index is -1.06. The number of carbonyl (C=O) groups excluding carboxylic acids is 1. The number of aliphatic hydroxyl groups is 1. The highest BCUT2D eigenvalue weighted by atomic mass is 32.2. The van der Waals surface area contributed by atoms with Gasteiger partial charge in [0, 0.05) is 13.3 Å². The van der Waals surface area contributed by atoms with Crippen molar-refractivity contribution in [3.05, 3.63) is 23.8 Å². The first-order valence-electron chi connectivity index (χ1n) is 10.6. The zero-order chi connectivity index (χ0) is 21.8. The average Bonchev–Trinajstić information content (AvgIpc) is 2.84. The van der Waals surface area contributed by atoms with Crippen LogP contribution < -0.4 is 0 Å². The third kappa shape index (κ3) is 7.18. The van der Waals surface area contributed by atoms with E-state index >= 15 is 0 Å². The Morgan fingerprint density at radius 2 is 2.07 bits per heavy atom. The highest BCUT2D eigenvalue weighted by molar-refractivity contribution is 8.14. The van der Waals surface area contributed by atoms with Crippen molar-refractivity contribution in [2.24, 2.45) is 11.8 Å². The predicted molar refractivity (Wildman–Crippen MR) is 119 cm³/mol. The van der Waals surface area contributed by atoms with Gasteiger partial charge in [0.25, 0.3) is 0 Å². The lowest BCUT2D eigenvalue weighted by Crippen LogP contribution is -2.34. The molecule has 0 aromatic heterocycles. The third-order valence-electron chi connectivity index (χ3n) is 5.99. The van der Waals surface area contributed by atoms with Crippen LogP contribution in [-0.4, -0.2) is 38.9 Å². The van der Waals surface area contributed by atoms with Crippen molar-refractivity contribution in [2.45, 2.75) is 96.2 Å². The lowest BCUT2D eigenvalue weighted by atomic mass is 9.83. The third-order valence-corrected chi connectivity index (χ3v) is 7.21. The largest absolute Gasteiger partial charge is 0.468 e. The second-order valence-corrected chi connectivity index (χ2v) is 10.9. The van der Waals surface area contributed by atoms with E-state index < -0.39 is 11.7 Å². The number of fused-ring (bicyclic) bond motifs is 1. The summed E-state index contributed by atoms with van der Waals surface area (Å²) in [6.45, 7) is 11.8. The van der Waals surface area contributed by atoms with E-state index in [1.54, 1.807) is 6.92 Å². The van der Waals surface area contributed by atoms with E-state index in [1.165, 1.54) is 18.7 Å². The van der Waals surface area contributed by atoms with Crippen molar-refractivity contribution in [2.75, 3.05) is 0 Å². The molecule has 0 spiro atoms. The number of nitrogens with one attached hydrogen (secondary N) is 1. The Hall–Kier alpha value is -1.27. The smallest absolute Gasteiger partial charge is 0.303 e. The molecule has 29 heavy (non-hydrogen) atoms. The number of hydrogen-bond acceptors (Lipinski definition) is 6. The summed E-state index contributed by atoms with van der Waals surface area (Å²) in [5.74, 6) is 0.411. The van der Waals surface area contributed by atoms with Gasteiger partial charge in [0.05, 0.1) is 10.3 Å². The van der Waals surface area contributed by atoms with Gasteiger partial charge in [0.1, 0.15) is 12.2 Å². The van der Waals surface area contributed by atoms with Gasteiger partial charge in [-0.1, -0.05) is 43.3 Å². The molecular formula is C23H37NO4S. The first kappa shape index (κ1) is 24.0. The second-order valence-electron chi connectivity index (χ2n) is 9.38. The maximum atomic E-state index is 11.6. The topological polar surface area (TPSA) is 79.6 Å². The number of ether oxygens (including phenoxy) is 2. The molecule has 0 radical (unpaired) electrons. The minimum Gasteiger partial charge on any atom is -0.468 e. The Morgan fingerprint density at radius 1 is 1.38 bits per heavy atom. The molecule has 1 fully saturated rings. The number of allylic oxidation sites excluding steroid dienone is 2. The molecule has 1 aliphatic heterocycles. The molecular weight excluding hydrogens is 386 g/mol. The molecule has 1 saturated heterocycles. The second kappa shape index (κ2) is 9.69. The molecule has 164 valence electrons. The van der Waals surface area contributed by atoms with Crippen LogP contribution in [0.5, 0.6) is 0 Å². The van der Waals surface area contributed by atoms with Gasteiger partial charge >= 0.3 is 5.97 Å². The first-order valence-corrected chi connectivity index (χ1v) is 11.4. The maximum absolute atomic E-state index is 11.6. The van der Waals surface area contributed by atoms with Gasteiger partial charge in [-0.2, -0.15) is 0 Å². The van der Waals surface area contributed by atoms with Crippen LogP contribution in [0.1, 0.15) is 73.6 Å². The normalized spacial score (nSPS) is 39.7. The Balaban J connectivity index is 2.35. The van der Waals surface area contributed by atoms with Gasteiger partial charge < -0.3 is 14.6 Å². The summed E-state index contributed by atoms with van der Waals surface area (Å²) in [5.41, 5.74) is 0.0380. The van der Waals surface area contributed by atoms with Crippen LogP contribution in [0.4, 0.5) is 0 Å². The molecule has 0 bridgehead atoms. The van der Waals surface area contributed by atoms with E-state index in [2.05, 4.69) is 26.8 Å². The van der Waals surface area contributed by atoms with Gasteiger partial charge in [-0.15, -0.1) is 0 Å². The predicted octanol–water partition coefficient (Wildman–Crippen LogP) is 5.23. The lowest BCUT2D eigenvalue weighted by Gasteiger charge is -2.31. The van der Waals surface area contributed by atoms with Gasteiger partial charge in [-0.25, -0.2) is 0 Å². The molecule has 0 aromatic rings. The molecule has 2 rings (SSSR count). The van der Waals surface area contributed by atoms with Gasteiger partial charge in [-0.05, 0) is 64.4 Å². The Kier molecular flexibility index (Phi) is 8.02. The van der Waals surface area contributed by atoms with Crippen molar-refractivity contribution in [1.29, 1.82) is 5.41 Å². The molecule has 0 aromatic carbocycles. The summed E-state index contributed by atoms with van der Waals surface area (Å²) in [5, 5.41) is 19.3. The van der Waals surface area contributed by atoms with Crippen LogP contribution in [0, 0.1) is 17.2 Å². The molecule has 0 unspecified atom stereocenters. The summed E-state index contributed by atoms with van der Waals surface area (Å²) < 4.78 is 11.2.